The fourth-order valence-corrected chi connectivity index (χ4v) is 2.83. The summed E-state index contributed by atoms with van der Waals surface area (Å²) in [6.07, 6.45) is 1.95. The minimum Gasteiger partial charge on any atom is -0.349 e. The number of benzene rings is 1. The number of hydrogen-bond acceptors (Lipinski definition) is 2. The van der Waals surface area contributed by atoms with Gasteiger partial charge in [0.1, 0.15) is 11.4 Å². The molecule has 5 nitrogen and oxygen atoms in total. The second kappa shape index (κ2) is 7.38. The molecule has 0 fully saturated rings. The summed E-state index contributed by atoms with van der Waals surface area (Å²) in [5, 5.41) is 8.33. The van der Waals surface area contributed by atoms with Crippen molar-refractivity contribution in [2.75, 3.05) is 0 Å². The van der Waals surface area contributed by atoms with Gasteiger partial charge < -0.3 is 9.88 Å². The molecular formula is C20H23ClN4O. The molecule has 1 amide bonds. The van der Waals surface area contributed by atoms with Crippen LogP contribution in [0, 0.1) is 5.92 Å². The van der Waals surface area contributed by atoms with Gasteiger partial charge in [0, 0.05) is 24.3 Å². The van der Waals surface area contributed by atoms with E-state index in [1.807, 2.05) is 55.1 Å². The van der Waals surface area contributed by atoms with Crippen LogP contribution >= 0.6 is 11.6 Å². The molecular weight excluding hydrogens is 348 g/mol. The molecule has 0 bridgehead atoms. The maximum Gasteiger partial charge on any atom is 0.270 e. The van der Waals surface area contributed by atoms with Crippen molar-refractivity contribution in [2.24, 2.45) is 13.0 Å². The van der Waals surface area contributed by atoms with E-state index in [4.69, 9.17) is 11.6 Å². The van der Waals surface area contributed by atoms with Gasteiger partial charge in [-0.3, -0.25) is 4.79 Å². The Morgan fingerprint density at radius 2 is 1.92 bits per heavy atom. The molecule has 2 aromatic heterocycles. The number of aryl methyl sites for hydroxylation is 1. The Labute approximate surface area is 158 Å². The van der Waals surface area contributed by atoms with Gasteiger partial charge in [-0.05, 0) is 49.2 Å². The molecule has 0 aliphatic rings. The fraction of sp³-hybridized carbons (Fsp3) is 0.300. The van der Waals surface area contributed by atoms with E-state index in [0.717, 1.165) is 17.1 Å². The summed E-state index contributed by atoms with van der Waals surface area (Å²) in [6, 6.07) is 13.1. The molecule has 1 aromatic carbocycles. The van der Waals surface area contributed by atoms with Crippen LogP contribution in [0.1, 0.15) is 31.3 Å². The molecule has 1 N–H and O–H groups in total. The van der Waals surface area contributed by atoms with Crippen molar-refractivity contribution in [2.45, 2.75) is 26.8 Å². The molecule has 1 atom stereocenters. The Morgan fingerprint density at radius 1 is 1.15 bits per heavy atom. The average Bonchev–Trinajstić information content (AvgIpc) is 3.20. The molecule has 0 spiro atoms. The van der Waals surface area contributed by atoms with Gasteiger partial charge in [-0.2, -0.15) is 5.10 Å². The lowest BCUT2D eigenvalue weighted by Crippen LogP contribution is -2.37. The quantitative estimate of drug-likeness (QED) is 0.727. The van der Waals surface area contributed by atoms with E-state index >= 15 is 0 Å². The molecule has 3 rings (SSSR count). The molecule has 0 aliphatic heterocycles. The molecule has 1 unspecified atom stereocenters. The first kappa shape index (κ1) is 18.3. The number of aromatic nitrogens is 3. The maximum absolute atomic E-state index is 12.9. The zero-order chi connectivity index (χ0) is 18.8. The number of nitrogens with zero attached hydrogens (tertiary/aromatic N) is 3. The van der Waals surface area contributed by atoms with Gasteiger partial charge in [0.2, 0.25) is 0 Å². The number of carbonyl (C=O) groups excluding carboxylic acids is 1. The minimum absolute atomic E-state index is 0.0590. The second-order valence-electron chi connectivity index (χ2n) is 6.82. The second-order valence-corrected chi connectivity index (χ2v) is 7.25. The number of hydrogen-bond donors (Lipinski definition) is 1. The SMILES string of the molecule is CC(C)C(C)NC(=O)c1cc(-c2cccn2C)nn1-c1cccc(Cl)c1. The molecule has 0 radical (unpaired) electrons. The van der Waals surface area contributed by atoms with Gasteiger partial charge >= 0.3 is 0 Å². The van der Waals surface area contributed by atoms with Crippen LogP contribution < -0.4 is 5.32 Å². The third-order valence-corrected chi connectivity index (χ3v) is 4.79. The lowest BCUT2D eigenvalue weighted by atomic mass is 10.1. The van der Waals surface area contributed by atoms with Crippen molar-refractivity contribution in [3.05, 3.63) is 59.4 Å². The van der Waals surface area contributed by atoms with Crippen molar-refractivity contribution < 1.29 is 4.79 Å². The van der Waals surface area contributed by atoms with Crippen LogP contribution in [0.25, 0.3) is 17.1 Å². The number of halogens is 1. The van der Waals surface area contributed by atoms with Crippen molar-refractivity contribution >= 4 is 17.5 Å². The largest absolute Gasteiger partial charge is 0.349 e. The van der Waals surface area contributed by atoms with E-state index in [-0.39, 0.29) is 11.9 Å². The fourth-order valence-electron chi connectivity index (χ4n) is 2.65. The Kier molecular flexibility index (Phi) is 5.18. The first-order valence-electron chi connectivity index (χ1n) is 8.65. The molecule has 0 aliphatic carbocycles. The van der Waals surface area contributed by atoms with Crippen LogP contribution in [-0.2, 0) is 7.05 Å². The highest BCUT2D eigenvalue weighted by atomic mass is 35.5. The van der Waals surface area contributed by atoms with E-state index < -0.39 is 0 Å². The summed E-state index contributed by atoms with van der Waals surface area (Å²) in [6.45, 7) is 6.16. The first-order valence-corrected chi connectivity index (χ1v) is 9.03. The van der Waals surface area contributed by atoms with Crippen molar-refractivity contribution in [1.29, 1.82) is 0 Å². The van der Waals surface area contributed by atoms with Crippen LogP contribution in [0.3, 0.4) is 0 Å². The normalized spacial score (nSPS) is 12.4. The van der Waals surface area contributed by atoms with Gasteiger partial charge in [-0.1, -0.05) is 31.5 Å². The highest BCUT2D eigenvalue weighted by molar-refractivity contribution is 6.30. The minimum atomic E-state index is -0.154. The predicted molar refractivity (Wildman–Crippen MR) is 105 cm³/mol. The highest BCUT2D eigenvalue weighted by Gasteiger charge is 2.21. The van der Waals surface area contributed by atoms with Gasteiger partial charge in [0.05, 0.1) is 11.4 Å². The predicted octanol–water partition coefficient (Wildman–Crippen LogP) is 4.31. The van der Waals surface area contributed by atoms with Gasteiger partial charge in [-0.15, -0.1) is 0 Å². The zero-order valence-corrected chi connectivity index (χ0v) is 16.2. The van der Waals surface area contributed by atoms with E-state index in [0.29, 0.717) is 16.6 Å². The van der Waals surface area contributed by atoms with Crippen LogP contribution in [-0.4, -0.2) is 26.3 Å². The highest BCUT2D eigenvalue weighted by Crippen LogP contribution is 2.23. The molecule has 136 valence electrons. The maximum atomic E-state index is 12.9. The lowest BCUT2D eigenvalue weighted by molar-refractivity contribution is 0.0922. The Morgan fingerprint density at radius 3 is 2.54 bits per heavy atom. The van der Waals surface area contributed by atoms with E-state index in [1.54, 1.807) is 16.8 Å². The van der Waals surface area contributed by atoms with E-state index in [1.165, 1.54) is 0 Å². The van der Waals surface area contributed by atoms with Crippen LogP contribution in [0.15, 0.2) is 48.7 Å². The number of rotatable bonds is 5. The molecule has 6 heteroatoms. The summed E-state index contributed by atoms with van der Waals surface area (Å²) >= 11 is 6.14. The van der Waals surface area contributed by atoms with Crippen LogP contribution in [0.5, 0.6) is 0 Å². The Hall–Kier alpha value is -2.53. The summed E-state index contributed by atoms with van der Waals surface area (Å²) in [5.74, 6) is 0.188. The third-order valence-electron chi connectivity index (χ3n) is 4.56. The van der Waals surface area contributed by atoms with Gasteiger partial charge in [0.15, 0.2) is 0 Å². The molecule has 3 aromatic rings. The van der Waals surface area contributed by atoms with Crippen LogP contribution in [0.4, 0.5) is 0 Å². The third kappa shape index (κ3) is 3.68. The first-order chi connectivity index (χ1) is 12.4. The van der Waals surface area contributed by atoms with Gasteiger partial charge in [-0.25, -0.2) is 4.68 Å². The summed E-state index contributed by atoms with van der Waals surface area (Å²) in [4.78, 5) is 12.9. The molecule has 0 saturated heterocycles. The number of nitrogens with one attached hydrogen (secondary N) is 1. The molecule has 2 heterocycles. The molecule has 26 heavy (non-hydrogen) atoms. The summed E-state index contributed by atoms with van der Waals surface area (Å²) in [7, 11) is 1.95. The van der Waals surface area contributed by atoms with Crippen molar-refractivity contribution in [1.82, 2.24) is 19.7 Å². The van der Waals surface area contributed by atoms with Crippen molar-refractivity contribution in [3.8, 4) is 17.1 Å². The van der Waals surface area contributed by atoms with Crippen LogP contribution in [0.2, 0.25) is 5.02 Å². The van der Waals surface area contributed by atoms with Gasteiger partial charge in [0.25, 0.3) is 5.91 Å². The number of amides is 1. The van der Waals surface area contributed by atoms with E-state index in [2.05, 4.69) is 24.3 Å². The summed E-state index contributed by atoms with van der Waals surface area (Å²) < 4.78 is 3.62. The Balaban J connectivity index is 2.07. The smallest absolute Gasteiger partial charge is 0.270 e. The summed E-state index contributed by atoms with van der Waals surface area (Å²) in [5.41, 5.74) is 2.91. The average molecular weight is 371 g/mol. The van der Waals surface area contributed by atoms with E-state index in [9.17, 15) is 4.79 Å². The monoisotopic (exact) mass is 370 g/mol. The standard InChI is InChI=1S/C20H23ClN4O/c1-13(2)14(3)22-20(26)19-12-17(18-9-6-10-24(18)4)23-25(19)16-8-5-7-15(21)11-16/h5-14H,1-4H3,(H,22,26). The zero-order valence-electron chi connectivity index (χ0n) is 15.4. The van der Waals surface area contributed by atoms with Crippen molar-refractivity contribution in [3.63, 3.8) is 0 Å². The topological polar surface area (TPSA) is 51.9 Å². The lowest BCUT2D eigenvalue weighted by Gasteiger charge is -2.17. The Bertz CT molecular complexity index is 926. The number of carbonyl (C=O) groups is 1. The molecule has 0 saturated carbocycles.